The Kier molecular flexibility index (Phi) is 5.97. The van der Waals surface area contributed by atoms with E-state index in [1.807, 2.05) is 30.3 Å². The summed E-state index contributed by atoms with van der Waals surface area (Å²) in [6.07, 6.45) is 2.16. The number of hydrogen-bond acceptors (Lipinski definition) is 4. The minimum atomic E-state index is -3.61. The second kappa shape index (κ2) is 8.65. The van der Waals surface area contributed by atoms with Gasteiger partial charge in [-0.1, -0.05) is 42.5 Å². The number of likely N-dealkylation sites (tertiary alicyclic amines) is 1. The van der Waals surface area contributed by atoms with Crippen LogP contribution < -0.4 is 14.8 Å². The van der Waals surface area contributed by atoms with Gasteiger partial charge in [-0.2, -0.15) is 0 Å². The van der Waals surface area contributed by atoms with Gasteiger partial charge in [0, 0.05) is 31.6 Å². The second-order valence-corrected chi connectivity index (χ2v) is 9.75. The van der Waals surface area contributed by atoms with Crippen LogP contribution in [0.3, 0.4) is 0 Å². The summed E-state index contributed by atoms with van der Waals surface area (Å²) in [4.78, 5) is 14.5. The number of fused-ring (bicyclic) bond motifs is 1. The molecule has 0 aliphatic carbocycles. The number of nitrogens with zero attached hydrogens (tertiary/aromatic N) is 1. The molecule has 2 heterocycles. The topological polar surface area (TPSA) is 87.7 Å². The molecule has 8 heteroatoms. The first-order valence-corrected chi connectivity index (χ1v) is 11.7. The molecule has 30 heavy (non-hydrogen) atoms. The lowest BCUT2D eigenvalue weighted by atomic mass is 9.79. The van der Waals surface area contributed by atoms with Crippen LogP contribution in [0.1, 0.15) is 18.4 Å². The maximum Gasteiger partial charge on any atom is 0.317 e. The van der Waals surface area contributed by atoms with Crippen LogP contribution in [0.25, 0.3) is 0 Å². The van der Waals surface area contributed by atoms with Crippen LogP contribution >= 0.6 is 0 Å². The molecule has 1 fully saturated rings. The molecule has 0 radical (unpaired) electrons. The summed E-state index contributed by atoms with van der Waals surface area (Å²) in [5, 5.41) is 2.98. The first-order valence-electron chi connectivity index (χ1n) is 10.3. The molecule has 2 N–H and O–H groups in total. The van der Waals surface area contributed by atoms with E-state index in [0.29, 0.717) is 51.4 Å². The second-order valence-electron chi connectivity index (χ2n) is 8.01. The Morgan fingerprint density at radius 3 is 2.53 bits per heavy atom. The molecule has 160 valence electrons. The summed E-state index contributed by atoms with van der Waals surface area (Å²) in [6, 6.07) is 16.7. The number of para-hydroxylation sites is 1. The number of rotatable bonds is 3. The van der Waals surface area contributed by atoms with Gasteiger partial charge in [0.15, 0.2) is 0 Å². The van der Waals surface area contributed by atoms with E-state index in [0.717, 1.165) is 6.42 Å². The number of nitrogens with one attached hydrogen (secondary N) is 2. The normalized spacial score (nSPS) is 19.8. The lowest BCUT2D eigenvalue weighted by molar-refractivity contribution is 0.0667. The molecule has 1 spiro atoms. The number of carbonyl (C=O) groups is 1. The predicted octanol–water partition coefficient (Wildman–Crippen LogP) is 2.39. The van der Waals surface area contributed by atoms with Crippen molar-refractivity contribution in [2.75, 3.05) is 32.8 Å². The summed E-state index contributed by atoms with van der Waals surface area (Å²) in [7, 11) is -3.61. The van der Waals surface area contributed by atoms with Crippen LogP contribution in [-0.2, 0) is 16.4 Å². The summed E-state index contributed by atoms with van der Waals surface area (Å²) < 4.78 is 33.9. The average molecular weight is 430 g/mol. The van der Waals surface area contributed by atoms with Crippen molar-refractivity contribution in [1.29, 1.82) is 0 Å². The highest BCUT2D eigenvalue weighted by atomic mass is 32.2. The molecule has 2 aliphatic heterocycles. The van der Waals surface area contributed by atoms with Crippen molar-refractivity contribution in [1.82, 2.24) is 14.9 Å². The zero-order valence-electron chi connectivity index (χ0n) is 16.8. The zero-order chi connectivity index (χ0) is 21.0. The van der Waals surface area contributed by atoms with Gasteiger partial charge >= 0.3 is 6.03 Å². The molecule has 0 bridgehead atoms. The van der Waals surface area contributed by atoms with Crippen molar-refractivity contribution in [2.45, 2.75) is 24.2 Å². The van der Waals surface area contributed by atoms with Gasteiger partial charge in [0.2, 0.25) is 10.0 Å². The predicted molar refractivity (Wildman–Crippen MR) is 114 cm³/mol. The van der Waals surface area contributed by atoms with Crippen LogP contribution in [0.5, 0.6) is 5.75 Å². The van der Waals surface area contributed by atoms with Crippen molar-refractivity contribution in [3.8, 4) is 5.75 Å². The fraction of sp³-hybridized carbons (Fsp3) is 0.409. The van der Waals surface area contributed by atoms with Crippen molar-refractivity contribution < 1.29 is 17.9 Å². The summed E-state index contributed by atoms with van der Waals surface area (Å²) in [6.45, 7) is 2.47. The van der Waals surface area contributed by atoms with Gasteiger partial charge in [0.05, 0.1) is 6.61 Å². The smallest absolute Gasteiger partial charge is 0.317 e. The molecule has 0 unspecified atom stereocenters. The minimum absolute atomic E-state index is 0.0709. The number of hydrogen-bond donors (Lipinski definition) is 2. The molecule has 2 amide bonds. The molecule has 0 aromatic heterocycles. The van der Waals surface area contributed by atoms with Gasteiger partial charge in [0.25, 0.3) is 0 Å². The Hall–Kier alpha value is -2.58. The minimum Gasteiger partial charge on any atom is -0.492 e. The van der Waals surface area contributed by atoms with Crippen molar-refractivity contribution in [3.05, 3.63) is 60.2 Å². The summed E-state index contributed by atoms with van der Waals surface area (Å²) in [5.41, 5.74) is 0.871. The molecule has 7 nitrogen and oxygen atoms in total. The van der Waals surface area contributed by atoms with E-state index < -0.39 is 10.0 Å². The number of ether oxygens (including phenoxy) is 1. The average Bonchev–Trinajstić information content (AvgIpc) is 2.77. The van der Waals surface area contributed by atoms with Crippen molar-refractivity contribution in [3.63, 3.8) is 0 Å². The number of piperidine rings is 1. The Balaban J connectivity index is 1.33. The van der Waals surface area contributed by atoms with E-state index >= 15 is 0 Å². The zero-order valence-corrected chi connectivity index (χ0v) is 17.7. The van der Waals surface area contributed by atoms with Crippen LogP contribution in [0.2, 0.25) is 0 Å². The van der Waals surface area contributed by atoms with Gasteiger partial charge < -0.3 is 15.0 Å². The van der Waals surface area contributed by atoms with Crippen LogP contribution in [0.4, 0.5) is 4.79 Å². The van der Waals surface area contributed by atoms with E-state index in [1.54, 1.807) is 29.2 Å². The highest BCUT2D eigenvalue weighted by molar-refractivity contribution is 7.89. The van der Waals surface area contributed by atoms with E-state index in [4.69, 9.17) is 4.74 Å². The Labute approximate surface area is 177 Å². The molecular weight excluding hydrogens is 402 g/mol. The van der Waals surface area contributed by atoms with Crippen LogP contribution in [0.15, 0.2) is 59.5 Å². The number of urea groups is 1. The maximum absolute atomic E-state index is 12.6. The molecule has 2 aromatic carbocycles. The fourth-order valence-corrected chi connectivity index (χ4v) is 5.28. The Bertz CT molecular complexity index is 986. The first kappa shape index (κ1) is 20.7. The maximum atomic E-state index is 12.6. The van der Waals surface area contributed by atoms with Gasteiger partial charge in [0.1, 0.15) is 10.6 Å². The number of carbonyl (C=O) groups excluding carboxylic acids is 1. The van der Waals surface area contributed by atoms with E-state index in [1.165, 1.54) is 5.56 Å². The molecule has 1 saturated heterocycles. The molecule has 0 atom stereocenters. The van der Waals surface area contributed by atoms with Gasteiger partial charge in [-0.3, -0.25) is 0 Å². The molecular formula is C22H27N3O4S. The fourth-order valence-electron chi connectivity index (χ4n) is 3.97. The summed E-state index contributed by atoms with van der Waals surface area (Å²) >= 11 is 0. The number of sulfonamides is 1. The molecule has 0 saturated carbocycles. The van der Waals surface area contributed by atoms with Crippen LogP contribution in [-0.4, -0.2) is 52.1 Å². The van der Waals surface area contributed by atoms with Gasteiger partial charge in [-0.15, -0.1) is 0 Å². The van der Waals surface area contributed by atoms with Crippen molar-refractivity contribution in [2.24, 2.45) is 5.41 Å². The third kappa shape index (κ3) is 4.60. The van der Waals surface area contributed by atoms with Crippen LogP contribution in [0, 0.1) is 5.41 Å². The number of benzene rings is 2. The lowest BCUT2D eigenvalue weighted by Crippen LogP contribution is -2.53. The van der Waals surface area contributed by atoms with E-state index in [9.17, 15) is 13.2 Å². The lowest BCUT2D eigenvalue weighted by Gasteiger charge is -2.42. The standard InChI is InChI=1S/C22H27N3O4S/c26-21(23-13-10-18-6-2-1-3-7-18)25-14-11-22(12-15-25)16-24-30(27,28)20-9-5-4-8-19(20)29-17-22/h1-9,24H,10-17H2,(H,23,26). The van der Waals surface area contributed by atoms with Gasteiger partial charge in [-0.05, 0) is 37.0 Å². The molecule has 4 rings (SSSR count). The highest BCUT2D eigenvalue weighted by Gasteiger charge is 2.39. The number of amides is 2. The summed E-state index contributed by atoms with van der Waals surface area (Å²) in [5.74, 6) is 0.380. The Morgan fingerprint density at radius 2 is 1.77 bits per heavy atom. The van der Waals surface area contributed by atoms with E-state index in [2.05, 4.69) is 10.0 Å². The molecule has 2 aromatic rings. The van der Waals surface area contributed by atoms with Crippen molar-refractivity contribution >= 4 is 16.1 Å². The Morgan fingerprint density at radius 1 is 1.07 bits per heavy atom. The monoisotopic (exact) mass is 429 g/mol. The first-order chi connectivity index (χ1) is 14.5. The quantitative estimate of drug-likeness (QED) is 0.784. The third-order valence-electron chi connectivity index (χ3n) is 5.95. The third-order valence-corrected chi connectivity index (χ3v) is 7.39. The van der Waals surface area contributed by atoms with Gasteiger partial charge in [-0.25, -0.2) is 17.9 Å². The van der Waals surface area contributed by atoms with E-state index in [-0.39, 0.29) is 16.3 Å². The SMILES string of the molecule is O=C(NCCc1ccccc1)N1CCC2(CC1)CNS(=O)(=O)c1ccccc1OC2. The highest BCUT2D eigenvalue weighted by Crippen LogP contribution is 2.35. The molecule has 2 aliphatic rings. The largest absolute Gasteiger partial charge is 0.492 e.